The third-order valence-electron chi connectivity index (χ3n) is 1.81. The Balaban J connectivity index is 2.69. The van der Waals surface area contributed by atoms with Crippen molar-refractivity contribution in [1.82, 2.24) is 4.98 Å². The van der Waals surface area contributed by atoms with Gasteiger partial charge in [-0.25, -0.2) is 4.98 Å². The molecule has 0 amide bonds. The number of ether oxygens (including phenoxy) is 1. The van der Waals surface area contributed by atoms with Crippen molar-refractivity contribution < 1.29 is 9.53 Å². The third-order valence-corrected chi connectivity index (χ3v) is 1.81. The van der Waals surface area contributed by atoms with Gasteiger partial charge in [0.25, 0.3) is 0 Å². The van der Waals surface area contributed by atoms with Crippen molar-refractivity contribution in [2.45, 2.75) is 20.3 Å². The molecule has 0 atom stereocenters. The van der Waals surface area contributed by atoms with E-state index in [0.717, 1.165) is 5.69 Å². The van der Waals surface area contributed by atoms with E-state index in [4.69, 9.17) is 10.5 Å². The topological polar surface area (TPSA) is 65.2 Å². The molecule has 0 radical (unpaired) electrons. The summed E-state index contributed by atoms with van der Waals surface area (Å²) in [5, 5.41) is 0. The fraction of sp³-hybridized carbons (Fsp3) is 0.333. The number of hydrogen-bond donors (Lipinski definition) is 1. The first-order chi connectivity index (χ1) is 7.63. The molecule has 0 aliphatic rings. The number of hydrogen-bond acceptors (Lipinski definition) is 4. The fourth-order valence-electron chi connectivity index (χ4n) is 1.08. The maximum absolute atomic E-state index is 11.0. The highest BCUT2D eigenvalue weighted by Crippen LogP contribution is 2.07. The Morgan fingerprint density at radius 1 is 1.56 bits per heavy atom. The molecule has 2 N–H and O–H groups in total. The van der Waals surface area contributed by atoms with Crippen molar-refractivity contribution in [2.75, 3.05) is 12.3 Å². The van der Waals surface area contributed by atoms with Crippen LogP contribution in [0, 0.1) is 18.8 Å². The highest BCUT2D eigenvalue weighted by atomic mass is 16.5. The second kappa shape index (κ2) is 5.76. The number of rotatable bonds is 2. The summed E-state index contributed by atoms with van der Waals surface area (Å²) < 4.78 is 4.74. The van der Waals surface area contributed by atoms with Gasteiger partial charge >= 0.3 is 5.97 Å². The number of pyridine rings is 1. The molecule has 0 fully saturated rings. The Kier molecular flexibility index (Phi) is 4.34. The standard InChI is InChI=1S/C12H14N2O2/c1-3-16-12(15)6-4-5-11-10(13)8-7-9(2)14-11/h7-8H,3,6,13H2,1-2H3. The summed E-state index contributed by atoms with van der Waals surface area (Å²) in [4.78, 5) is 15.2. The fourth-order valence-corrected chi connectivity index (χ4v) is 1.08. The van der Waals surface area contributed by atoms with Crippen molar-refractivity contribution in [1.29, 1.82) is 0 Å². The summed E-state index contributed by atoms with van der Waals surface area (Å²) in [7, 11) is 0. The molecule has 1 heterocycles. The van der Waals surface area contributed by atoms with Gasteiger partial charge in [-0.2, -0.15) is 0 Å². The number of nitrogens with zero attached hydrogens (tertiary/aromatic N) is 1. The quantitative estimate of drug-likeness (QED) is 0.599. The second-order valence-corrected chi connectivity index (χ2v) is 3.17. The van der Waals surface area contributed by atoms with Crippen molar-refractivity contribution >= 4 is 11.7 Å². The molecule has 16 heavy (non-hydrogen) atoms. The van der Waals surface area contributed by atoms with Crippen LogP contribution in [0.1, 0.15) is 24.7 Å². The molecule has 0 aliphatic carbocycles. The molecular weight excluding hydrogens is 204 g/mol. The van der Waals surface area contributed by atoms with Gasteiger partial charge in [0.05, 0.1) is 12.3 Å². The van der Waals surface area contributed by atoms with Crippen molar-refractivity contribution in [3.63, 3.8) is 0 Å². The normalized spacial score (nSPS) is 9.12. The van der Waals surface area contributed by atoms with E-state index in [-0.39, 0.29) is 12.4 Å². The van der Waals surface area contributed by atoms with Crippen molar-refractivity contribution in [3.05, 3.63) is 23.5 Å². The summed E-state index contributed by atoms with van der Waals surface area (Å²) in [5.41, 5.74) is 7.55. The van der Waals surface area contributed by atoms with Crippen LogP contribution in [0.5, 0.6) is 0 Å². The van der Waals surface area contributed by atoms with Crippen LogP contribution in [0.3, 0.4) is 0 Å². The molecule has 4 heteroatoms. The summed E-state index contributed by atoms with van der Waals surface area (Å²) in [6, 6.07) is 3.56. The molecular formula is C12H14N2O2. The van der Waals surface area contributed by atoms with E-state index in [0.29, 0.717) is 18.0 Å². The first-order valence-electron chi connectivity index (χ1n) is 5.01. The van der Waals surface area contributed by atoms with Crippen LogP contribution in [-0.2, 0) is 9.53 Å². The number of carbonyl (C=O) groups excluding carboxylic acids is 1. The zero-order valence-electron chi connectivity index (χ0n) is 9.41. The number of nitrogen functional groups attached to an aromatic ring is 1. The van der Waals surface area contributed by atoms with Crippen LogP contribution < -0.4 is 5.73 Å². The Bertz CT molecular complexity index is 444. The van der Waals surface area contributed by atoms with E-state index in [2.05, 4.69) is 16.8 Å². The van der Waals surface area contributed by atoms with Gasteiger partial charge in [0.2, 0.25) is 0 Å². The zero-order valence-corrected chi connectivity index (χ0v) is 9.41. The van der Waals surface area contributed by atoms with Crippen LogP contribution >= 0.6 is 0 Å². The molecule has 0 saturated carbocycles. The van der Waals surface area contributed by atoms with Crippen LogP contribution in [0.15, 0.2) is 12.1 Å². The maximum atomic E-state index is 11.0. The molecule has 0 bridgehead atoms. The molecule has 1 rings (SSSR count). The van der Waals surface area contributed by atoms with Crippen LogP contribution in [0.4, 0.5) is 5.69 Å². The highest BCUT2D eigenvalue weighted by molar-refractivity contribution is 5.72. The minimum absolute atomic E-state index is 0.0584. The molecule has 0 saturated heterocycles. The number of carbonyl (C=O) groups is 1. The molecule has 0 aliphatic heterocycles. The van der Waals surface area contributed by atoms with E-state index in [9.17, 15) is 4.79 Å². The van der Waals surface area contributed by atoms with Crippen LogP contribution in [-0.4, -0.2) is 17.6 Å². The van der Waals surface area contributed by atoms with Crippen LogP contribution in [0.25, 0.3) is 0 Å². The van der Waals surface area contributed by atoms with Gasteiger partial charge in [0.1, 0.15) is 12.1 Å². The predicted molar refractivity (Wildman–Crippen MR) is 61.5 cm³/mol. The molecule has 84 valence electrons. The molecule has 0 spiro atoms. The molecule has 4 nitrogen and oxygen atoms in total. The third kappa shape index (κ3) is 3.62. The SMILES string of the molecule is CCOC(=O)CC#Cc1nc(C)ccc1N. The molecule has 0 aromatic carbocycles. The van der Waals surface area contributed by atoms with E-state index in [1.165, 1.54) is 0 Å². The van der Waals surface area contributed by atoms with Gasteiger partial charge < -0.3 is 10.5 Å². The smallest absolute Gasteiger partial charge is 0.317 e. The van der Waals surface area contributed by atoms with Gasteiger partial charge in [-0.1, -0.05) is 5.92 Å². The highest BCUT2D eigenvalue weighted by Gasteiger charge is 1.99. The first-order valence-corrected chi connectivity index (χ1v) is 5.01. The number of esters is 1. The molecule has 0 unspecified atom stereocenters. The predicted octanol–water partition coefficient (Wildman–Crippen LogP) is 1.28. The number of anilines is 1. The Morgan fingerprint density at radius 3 is 3.00 bits per heavy atom. The van der Waals surface area contributed by atoms with E-state index < -0.39 is 0 Å². The minimum atomic E-state index is -0.332. The summed E-state index contributed by atoms with van der Waals surface area (Å²) in [5.74, 6) is 5.11. The summed E-state index contributed by atoms with van der Waals surface area (Å²) in [6.07, 6.45) is 0.0584. The Morgan fingerprint density at radius 2 is 2.31 bits per heavy atom. The first kappa shape index (κ1) is 12.1. The zero-order chi connectivity index (χ0) is 12.0. The summed E-state index contributed by atoms with van der Waals surface area (Å²) >= 11 is 0. The lowest BCUT2D eigenvalue weighted by Crippen LogP contribution is -2.02. The molecule has 1 aromatic rings. The van der Waals surface area contributed by atoms with E-state index >= 15 is 0 Å². The summed E-state index contributed by atoms with van der Waals surface area (Å²) in [6.45, 7) is 3.98. The number of aryl methyl sites for hydroxylation is 1. The van der Waals surface area contributed by atoms with E-state index in [1.54, 1.807) is 13.0 Å². The lowest BCUT2D eigenvalue weighted by Gasteiger charge is -1.98. The van der Waals surface area contributed by atoms with Crippen LogP contribution in [0.2, 0.25) is 0 Å². The lowest BCUT2D eigenvalue weighted by molar-refractivity contribution is -0.141. The van der Waals surface area contributed by atoms with Gasteiger partial charge in [-0.3, -0.25) is 4.79 Å². The van der Waals surface area contributed by atoms with Gasteiger partial charge in [0.15, 0.2) is 0 Å². The van der Waals surface area contributed by atoms with Gasteiger partial charge in [0, 0.05) is 5.69 Å². The molecule has 1 aromatic heterocycles. The van der Waals surface area contributed by atoms with Crippen molar-refractivity contribution in [2.24, 2.45) is 0 Å². The van der Waals surface area contributed by atoms with Gasteiger partial charge in [-0.05, 0) is 31.9 Å². The largest absolute Gasteiger partial charge is 0.465 e. The lowest BCUT2D eigenvalue weighted by atomic mass is 10.2. The average molecular weight is 218 g/mol. The Hall–Kier alpha value is -2.02. The second-order valence-electron chi connectivity index (χ2n) is 3.17. The van der Waals surface area contributed by atoms with E-state index in [1.807, 2.05) is 13.0 Å². The van der Waals surface area contributed by atoms with Crippen molar-refractivity contribution in [3.8, 4) is 11.8 Å². The monoisotopic (exact) mass is 218 g/mol. The number of nitrogens with two attached hydrogens (primary N) is 1. The van der Waals surface area contributed by atoms with Gasteiger partial charge in [-0.15, -0.1) is 0 Å². The maximum Gasteiger partial charge on any atom is 0.317 e. The average Bonchev–Trinajstić information content (AvgIpc) is 2.23. The number of aromatic nitrogens is 1. The Labute approximate surface area is 94.8 Å². The minimum Gasteiger partial charge on any atom is -0.465 e.